The van der Waals surface area contributed by atoms with E-state index < -0.39 is 0 Å². The highest BCUT2D eigenvalue weighted by Gasteiger charge is 2.51. The van der Waals surface area contributed by atoms with Gasteiger partial charge in [0.15, 0.2) is 5.75 Å². The molecule has 37 heavy (non-hydrogen) atoms. The molecule has 0 radical (unpaired) electrons. The molecule has 192 valence electrons. The molecule has 3 aliphatic carbocycles. The minimum absolute atomic E-state index is 0.00573. The van der Waals surface area contributed by atoms with E-state index in [1.165, 1.54) is 97.1 Å². The molecule has 0 atom stereocenters. The average Bonchev–Trinajstić information content (AvgIpc) is 3.47. The summed E-state index contributed by atoms with van der Waals surface area (Å²) in [7, 11) is 0. The zero-order chi connectivity index (χ0) is 24.9. The number of hydrogen-bond donors (Lipinski definition) is 0. The van der Waals surface area contributed by atoms with Crippen LogP contribution in [0.25, 0.3) is 0 Å². The lowest BCUT2D eigenvalue weighted by molar-refractivity contribution is 0.433. The maximum absolute atomic E-state index is 6.93. The molecule has 0 N–H and O–H groups in total. The topological polar surface area (TPSA) is 38.8 Å². The number of anilines is 2. The highest BCUT2D eigenvalue weighted by atomic mass is 16.5. The lowest BCUT2D eigenvalue weighted by Crippen LogP contribution is -2.60. The number of aryl methyl sites for hydroxylation is 2. The molecule has 5 heteroatoms. The smallest absolute Gasteiger partial charge is 0.345 e. The zero-order valence-corrected chi connectivity index (χ0v) is 22.7. The van der Waals surface area contributed by atoms with Crippen LogP contribution in [-0.4, -0.2) is 12.8 Å². The molecule has 5 aliphatic rings. The van der Waals surface area contributed by atoms with E-state index >= 15 is 0 Å². The predicted octanol–water partition coefficient (Wildman–Crippen LogP) is 6.33. The molecule has 1 fully saturated rings. The van der Waals surface area contributed by atoms with Crippen molar-refractivity contribution in [3.05, 3.63) is 40.3 Å². The van der Waals surface area contributed by atoms with Crippen molar-refractivity contribution >= 4 is 34.9 Å². The molecule has 2 aliphatic heterocycles. The van der Waals surface area contributed by atoms with Crippen LogP contribution in [0.15, 0.2) is 21.0 Å². The van der Waals surface area contributed by atoms with E-state index in [2.05, 4.69) is 37.8 Å². The summed E-state index contributed by atoms with van der Waals surface area (Å²) < 4.78 is 20.6. The maximum Gasteiger partial charge on any atom is 0.345 e. The van der Waals surface area contributed by atoms with Gasteiger partial charge in [-0.2, -0.15) is 0 Å². The normalized spacial score (nSPS) is 20.5. The summed E-state index contributed by atoms with van der Waals surface area (Å²) in [4.78, 5) is 2.73. The highest BCUT2D eigenvalue weighted by molar-refractivity contribution is 6.97. The van der Waals surface area contributed by atoms with Crippen molar-refractivity contribution in [3.63, 3.8) is 0 Å². The van der Waals surface area contributed by atoms with Crippen molar-refractivity contribution < 1.29 is 13.6 Å². The summed E-state index contributed by atoms with van der Waals surface area (Å²) in [5, 5.41) is 0. The Bertz CT molecular complexity index is 1400. The van der Waals surface area contributed by atoms with Gasteiger partial charge in [-0.15, -0.1) is 0 Å². The minimum atomic E-state index is -0.00573. The number of nitrogens with zero attached hydrogens (tertiary/aromatic N) is 1. The predicted molar refractivity (Wildman–Crippen MR) is 150 cm³/mol. The first-order chi connectivity index (χ1) is 18.0. The van der Waals surface area contributed by atoms with Crippen LogP contribution >= 0.6 is 0 Å². The van der Waals surface area contributed by atoms with E-state index in [0.717, 1.165) is 54.3 Å². The Morgan fingerprint density at radius 3 is 2.22 bits per heavy atom. The summed E-state index contributed by atoms with van der Waals surface area (Å²) in [5.74, 6) is 4.40. The van der Waals surface area contributed by atoms with E-state index in [0.29, 0.717) is 6.04 Å². The Hall–Kier alpha value is -2.56. The molecule has 1 aromatic carbocycles. The molecule has 4 nitrogen and oxygen atoms in total. The number of ether oxygens (including phenoxy) is 1. The van der Waals surface area contributed by atoms with E-state index in [-0.39, 0.29) is 12.1 Å². The van der Waals surface area contributed by atoms with Gasteiger partial charge in [-0.1, -0.05) is 40.0 Å². The number of hydrogen-bond acceptors (Lipinski definition) is 4. The Morgan fingerprint density at radius 1 is 0.784 bits per heavy atom. The van der Waals surface area contributed by atoms with Crippen molar-refractivity contribution in [3.8, 4) is 11.5 Å². The van der Waals surface area contributed by atoms with E-state index in [4.69, 9.17) is 13.6 Å². The Kier molecular flexibility index (Phi) is 4.83. The second-order valence-corrected chi connectivity index (χ2v) is 13.2. The molecule has 0 amide bonds. The first-order valence-corrected chi connectivity index (χ1v) is 14.9. The summed E-state index contributed by atoms with van der Waals surface area (Å²) in [6.45, 7) is 6.97. The largest absolute Gasteiger partial charge is 0.473 e. The van der Waals surface area contributed by atoms with Crippen LogP contribution in [0.4, 0.5) is 11.4 Å². The fraction of sp³-hybridized carbons (Fsp3) is 0.562. The molecule has 0 spiro atoms. The van der Waals surface area contributed by atoms with Gasteiger partial charge in [-0.3, -0.25) is 0 Å². The minimum Gasteiger partial charge on any atom is -0.473 e. The van der Waals surface area contributed by atoms with E-state index in [9.17, 15) is 0 Å². The van der Waals surface area contributed by atoms with Gasteiger partial charge in [0, 0.05) is 41.2 Å². The van der Waals surface area contributed by atoms with Crippen molar-refractivity contribution in [2.24, 2.45) is 0 Å². The summed E-state index contributed by atoms with van der Waals surface area (Å²) >= 11 is 0. The van der Waals surface area contributed by atoms with Crippen LogP contribution < -0.4 is 26.4 Å². The van der Waals surface area contributed by atoms with Crippen LogP contribution in [0, 0.1) is 0 Å². The van der Waals surface area contributed by atoms with Gasteiger partial charge in [0.05, 0.1) is 5.69 Å². The standard InChI is InChI=1S/C32H38BNO3/c1-32(2,3)19-17-23-27-26(18-19)35-29-22-14-8-10-16-25(22)37-31(29)33(27)30-28(21-13-7-9-15-24(21)36-30)34(23)20-11-5-4-6-12-20/h17-18,20H,4-16H2,1-3H3. The van der Waals surface area contributed by atoms with E-state index in [1.54, 1.807) is 0 Å². The second kappa shape index (κ2) is 7.97. The number of furan rings is 2. The molecular formula is C32H38BNO3. The first-order valence-electron chi connectivity index (χ1n) is 14.9. The van der Waals surface area contributed by atoms with Gasteiger partial charge in [0.25, 0.3) is 0 Å². The SMILES string of the molecule is CC(C)(C)c1cc2c3c(c1)N(C1CCCCC1)c1c(oc4c1CCCC4)B3c1oc3c(c1O2)CCCC3. The summed E-state index contributed by atoms with van der Waals surface area (Å²) in [6, 6.07) is 5.33. The molecule has 1 saturated carbocycles. The molecule has 4 heterocycles. The fourth-order valence-corrected chi connectivity index (χ4v) is 7.84. The molecule has 3 aromatic rings. The monoisotopic (exact) mass is 495 g/mol. The highest BCUT2D eigenvalue weighted by Crippen LogP contribution is 2.47. The first kappa shape index (κ1) is 22.4. The number of fused-ring (bicyclic) bond motifs is 8. The molecule has 2 aromatic heterocycles. The fourth-order valence-electron chi connectivity index (χ4n) is 7.84. The lowest BCUT2D eigenvalue weighted by atomic mass is 9.38. The van der Waals surface area contributed by atoms with E-state index in [1.807, 2.05) is 0 Å². The van der Waals surface area contributed by atoms with Crippen LogP contribution in [0.5, 0.6) is 11.5 Å². The molecule has 0 unspecified atom stereocenters. The van der Waals surface area contributed by atoms with Gasteiger partial charge >= 0.3 is 6.71 Å². The molecular weight excluding hydrogens is 457 g/mol. The van der Waals surface area contributed by atoms with Gasteiger partial charge in [-0.05, 0) is 74.5 Å². The average molecular weight is 495 g/mol. The zero-order valence-electron chi connectivity index (χ0n) is 22.7. The third-order valence-electron chi connectivity index (χ3n) is 9.77. The molecule has 0 saturated heterocycles. The Labute approximate surface area is 220 Å². The van der Waals surface area contributed by atoms with Crippen LogP contribution in [-0.2, 0) is 31.1 Å². The van der Waals surface area contributed by atoms with Gasteiger partial charge < -0.3 is 18.5 Å². The van der Waals surface area contributed by atoms with Crippen LogP contribution in [0.3, 0.4) is 0 Å². The Balaban J connectivity index is 1.43. The lowest BCUT2D eigenvalue weighted by Gasteiger charge is -2.43. The van der Waals surface area contributed by atoms with Gasteiger partial charge in [0.2, 0.25) is 0 Å². The van der Waals surface area contributed by atoms with Crippen molar-refractivity contribution in [1.29, 1.82) is 0 Å². The Morgan fingerprint density at radius 2 is 1.46 bits per heavy atom. The second-order valence-electron chi connectivity index (χ2n) is 13.2. The maximum atomic E-state index is 6.93. The summed E-state index contributed by atoms with van der Waals surface area (Å²) in [5.41, 5.74) is 10.3. The molecule has 8 rings (SSSR count). The van der Waals surface area contributed by atoms with Crippen molar-refractivity contribution in [1.82, 2.24) is 0 Å². The molecule has 0 bridgehead atoms. The third kappa shape index (κ3) is 3.21. The van der Waals surface area contributed by atoms with Gasteiger partial charge in [0.1, 0.15) is 28.6 Å². The summed E-state index contributed by atoms with van der Waals surface area (Å²) in [6.07, 6.45) is 15.6. The van der Waals surface area contributed by atoms with Crippen LogP contribution in [0.2, 0.25) is 0 Å². The van der Waals surface area contributed by atoms with Gasteiger partial charge in [-0.25, -0.2) is 0 Å². The van der Waals surface area contributed by atoms with Crippen molar-refractivity contribution in [2.75, 3.05) is 4.90 Å². The third-order valence-corrected chi connectivity index (χ3v) is 9.77. The number of benzene rings is 1. The van der Waals surface area contributed by atoms with Crippen molar-refractivity contribution in [2.45, 2.75) is 116 Å². The quantitative estimate of drug-likeness (QED) is 0.289. The van der Waals surface area contributed by atoms with Crippen LogP contribution in [0.1, 0.15) is 107 Å². The number of rotatable bonds is 1.